The first-order chi connectivity index (χ1) is 15.9. The van der Waals surface area contributed by atoms with Gasteiger partial charge in [0.25, 0.3) is 5.91 Å². The van der Waals surface area contributed by atoms with Gasteiger partial charge >= 0.3 is 0 Å². The lowest BCUT2D eigenvalue weighted by molar-refractivity contribution is 0.0977. The Kier molecular flexibility index (Phi) is 6.62. The number of carbonyl (C=O) groups is 1. The predicted octanol–water partition coefficient (Wildman–Crippen LogP) is 6.15. The fourth-order valence-corrected chi connectivity index (χ4v) is 3.80. The number of carbonyl (C=O) groups excluding carboxylic acids is 1. The van der Waals surface area contributed by atoms with E-state index in [0.717, 1.165) is 34.3 Å². The first-order valence-corrected chi connectivity index (χ1v) is 11.1. The van der Waals surface area contributed by atoms with Gasteiger partial charge in [-0.25, -0.2) is 4.98 Å². The summed E-state index contributed by atoms with van der Waals surface area (Å²) >= 11 is 11.5. The Morgan fingerprint density at radius 1 is 1.15 bits per heavy atom. The zero-order chi connectivity index (χ0) is 23.5. The molecule has 3 aromatic carbocycles. The van der Waals surface area contributed by atoms with Crippen LogP contribution < -0.4 is 15.4 Å². The average molecular weight is 480 g/mol. The van der Waals surface area contributed by atoms with E-state index in [-0.39, 0.29) is 11.0 Å². The molecule has 0 saturated heterocycles. The van der Waals surface area contributed by atoms with Gasteiger partial charge in [-0.3, -0.25) is 10.1 Å². The van der Waals surface area contributed by atoms with Crippen LogP contribution in [0.5, 0.6) is 5.75 Å². The third-order valence-electron chi connectivity index (χ3n) is 5.23. The minimum atomic E-state index is -0.378. The minimum Gasteiger partial charge on any atom is -0.495 e. The molecule has 0 radical (unpaired) electrons. The molecule has 33 heavy (non-hydrogen) atoms. The van der Waals surface area contributed by atoms with Crippen molar-refractivity contribution in [3.63, 3.8) is 0 Å². The maximum atomic E-state index is 12.6. The van der Waals surface area contributed by atoms with E-state index in [1.807, 2.05) is 43.3 Å². The summed E-state index contributed by atoms with van der Waals surface area (Å²) in [5, 5.41) is 6.26. The van der Waals surface area contributed by atoms with Gasteiger partial charge in [0.1, 0.15) is 11.3 Å². The number of aromatic nitrogens is 1. The van der Waals surface area contributed by atoms with E-state index < -0.39 is 0 Å². The summed E-state index contributed by atoms with van der Waals surface area (Å²) in [6.45, 7) is 4.05. The van der Waals surface area contributed by atoms with Crippen molar-refractivity contribution in [2.24, 2.45) is 0 Å². The van der Waals surface area contributed by atoms with Gasteiger partial charge in [-0.2, -0.15) is 0 Å². The normalized spacial score (nSPS) is 10.8. The quantitative estimate of drug-likeness (QED) is 0.334. The zero-order valence-electron chi connectivity index (χ0n) is 18.4. The van der Waals surface area contributed by atoms with E-state index in [4.69, 9.17) is 33.0 Å². The van der Waals surface area contributed by atoms with Gasteiger partial charge < -0.3 is 14.5 Å². The van der Waals surface area contributed by atoms with E-state index in [1.165, 1.54) is 18.7 Å². The van der Waals surface area contributed by atoms with Gasteiger partial charge in [-0.15, -0.1) is 0 Å². The summed E-state index contributed by atoms with van der Waals surface area (Å²) in [6, 6.07) is 16.6. The lowest BCUT2D eigenvalue weighted by atomic mass is 10.1. The van der Waals surface area contributed by atoms with Crippen molar-refractivity contribution in [1.29, 1.82) is 0 Å². The number of aryl methyl sites for hydroxylation is 2. The molecule has 4 aromatic rings. The van der Waals surface area contributed by atoms with Gasteiger partial charge in [0.2, 0.25) is 5.89 Å². The number of fused-ring (bicyclic) bond motifs is 1. The lowest BCUT2D eigenvalue weighted by Crippen LogP contribution is -2.34. The second-order valence-corrected chi connectivity index (χ2v) is 8.28. The van der Waals surface area contributed by atoms with Crippen LogP contribution in [0.2, 0.25) is 5.02 Å². The van der Waals surface area contributed by atoms with Gasteiger partial charge in [-0.1, -0.05) is 30.7 Å². The minimum absolute atomic E-state index is 0.164. The van der Waals surface area contributed by atoms with Crippen LogP contribution in [0.15, 0.2) is 59.0 Å². The number of hydrogen-bond acceptors (Lipinski definition) is 5. The maximum Gasteiger partial charge on any atom is 0.257 e. The van der Waals surface area contributed by atoms with Crippen molar-refractivity contribution in [3.05, 3.63) is 76.3 Å². The molecule has 0 aliphatic carbocycles. The molecule has 0 fully saturated rings. The summed E-state index contributed by atoms with van der Waals surface area (Å²) in [4.78, 5) is 17.2. The monoisotopic (exact) mass is 479 g/mol. The second-order valence-electron chi connectivity index (χ2n) is 7.46. The fraction of sp³-hybridized carbons (Fsp3) is 0.160. The lowest BCUT2D eigenvalue weighted by Gasteiger charge is -2.13. The van der Waals surface area contributed by atoms with Crippen LogP contribution in [0.4, 0.5) is 5.69 Å². The standard InChI is InChI=1S/C25H22ClN3O3S/c1-4-15-6-9-22-20(11-15)27-24(32-22)17-7-5-14(2)19(13-17)28-25(33)29-23(30)16-8-10-21(31-3)18(26)12-16/h5-13H,4H2,1-3H3,(H2,28,29,30,33). The van der Waals surface area contributed by atoms with Crippen molar-refractivity contribution in [3.8, 4) is 17.2 Å². The molecule has 0 spiro atoms. The number of halogens is 1. The molecule has 0 bridgehead atoms. The molecule has 0 saturated carbocycles. The van der Waals surface area contributed by atoms with Crippen molar-refractivity contribution in [2.75, 3.05) is 12.4 Å². The highest BCUT2D eigenvalue weighted by atomic mass is 35.5. The third kappa shape index (κ3) is 4.99. The van der Waals surface area contributed by atoms with Crippen molar-refractivity contribution in [1.82, 2.24) is 10.3 Å². The molecule has 168 valence electrons. The number of hydrogen-bond donors (Lipinski definition) is 2. The number of methoxy groups -OCH3 is 1. The Bertz CT molecular complexity index is 1370. The Balaban J connectivity index is 1.51. The number of thiocarbonyl (C=S) groups is 1. The van der Waals surface area contributed by atoms with Gasteiger partial charge in [0, 0.05) is 16.8 Å². The van der Waals surface area contributed by atoms with Crippen molar-refractivity contribution < 1.29 is 13.9 Å². The largest absolute Gasteiger partial charge is 0.495 e. The van der Waals surface area contributed by atoms with Gasteiger partial charge in [0.15, 0.2) is 10.7 Å². The molecule has 6 nitrogen and oxygen atoms in total. The topological polar surface area (TPSA) is 76.4 Å². The number of nitrogens with zero attached hydrogens (tertiary/aromatic N) is 1. The third-order valence-corrected chi connectivity index (χ3v) is 5.73. The van der Waals surface area contributed by atoms with E-state index >= 15 is 0 Å². The van der Waals surface area contributed by atoms with E-state index in [2.05, 4.69) is 22.5 Å². The first kappa shape index (κ1) is 22.8. The fourth-order valence-electron chi connectivity index (χ4n) is 3.34. The zero-order valence-corrected chi connectivity index (χ0v) is 19.9. The molecular formula is C25H22ClN3O3S. The molecule has 0 aliphatic rings. The molecule has 0 unspecified atom stereocenters. The molecule has 1 aromatic heterocycles. The van der Waals surface area contributed by atoms with E-state index in [1.54, 1.807) is 12.1 Å². The number of nitrogens with one attached hydrogen (secondary N) is 2. The van der Waals surface area contributed by atoms with E-state index in [0.29, 0.717) is 22.2 Å². The Morgan fingerprint density at radius 3 is 2.70 bits per heavy atom. The SMILES string of the molecule is CCc1ccc2oc(-c3ccc(C)c(NC(=S)NC(=O)c4ccc(OC)c(Cl)c4)c3)nc2c1. The summed E-state index contributed by atoms with van der Waals surface area (Å²) < 4.78 is 11.1. The van der Waals surface area contributed by atoms with Crippen LogP contribution in [0.25, 0.3) is 22.6 Å². The summed E-state index contributed by atoms with van der Waals surface area (Å²) in [5.74, 6) is 0.632. The van der Waals surface area contributed by atoms with Crippen LogP contribution in [0.1, 0.15) is 28.4 Å². The maximum absolute atomic E-state index is 12.6. The molecule has 8 heteroatoms. The highest BCUT2D eigenvalue weighted by Crippen LogP contribution is 2.29. The molecule has 0 atom stereocenters. The van der Waals surface area contributed by atoms with Gasteiger partial charge in [0.05, 0.1) is 12.1 Å². The number of ether oxygens (including phenoxy) is 1. The van der Waals surface area contributed by atoms with E-state index in [9.17, 15) is 4.79 Å². The summed E-state index contributed by atoms with van der Waals surface area (Å²) in [5.41, 5.74) is 5.61. The molecular weight excluding hydrogens is 458 g/mol. The highest BCUT2D eigenvalue weighted by Gasteiger charge is 2.14. The van der Waals surface area contributed by atoms with Crippen molar-refractivity contribution in [2.45, 2.75) is 20.3 Å². The molecule has 4 rings (SSSR count). The van der Waals surface area contributed by atoms with Crippen LogP contribution in [0, 0.1) is 6.92 Å². The number of amides is 1. The second kappa shape index (κ2) is 9.60. The van der Waals surface area contributed by atoms with Crippen LogP contribution in [-0.2, 0) is 6.42 Å². The first-order valence-electron chi connectivity index (χ1n) is 10.3. The summed E-state index contributed by atoms with van der Waals surface area (Å²) in [7, 11) is 1.51. The average Bonchev–Trinajstić information content (AvgIpc) is 3.23. The number of benzene rings is 3. The van der Waals surface area contributed by atoms with Gasteiger partial charge in [-0.05, 0) is 79.2 Å². The smallest absolute Gasteiger partial charge is 0.257 e. The Morgan fingerprint density at radius 2 is 1.97 bits per heavy atom. The number of anilines is 1. The van der Waals surface area contributed by atoms with Crippen LogP contribution in [0.3, 0.4) is 0 Å². The molecule has 1 amide bonds. The highest BCUT2D eigenvalue weighted by molar-refractivity contribution is 7.80. The number of oxazole rings is 1. The molecule has 2 N–H and O–H groups in total. The molecule has 1 heterocycles. The summed E-state index contributed by atoms with van der Waals surface area (Å²) in [6.07, 6.45) is 0.933. The predicted molar refractivity (Wildman–Crippen MR) is 135 cm³/mol. The van der Waals surface area contributed by atoms with Crippen LogP contribution in [-0.4, -0.2) is 23.1 Å². The number of rotatable bonds is 5. The van der Waals surface area contributed by atoms with Crippen molar-refractivity contribution >= 4 is 51.6 Å². The Hall–Kier alpha value is -3.42. The van der Waals surface area contributed by atoms with Crippen LogP contribution >= 0.6 is 23.8 Å². The molecule has 0 aliphatic heterocycles. The Labute approximate surface area is 201 Å².